The molecule has 1 atom stereocenters. The number of methoxy groups -OCH3 is 1. The summed E-state index contributed by atoms with van der Waals surface area (Å²) < 4.78 is 5.08. The largest absolute Gasteiger partial charge is 0.383 e. The van der Waals surface area contributed by atoms with Gasteiger partial charge >= 0.3 is 6.03 Å². The predicted octanol–water partition coefficient (Wildman–Crippen LogP) is 4.87. The first-order chi connectivity index (χ1) is 15.5. The second kappa shape index (κ2) is 9.84. The molecule has 0 saturated carbocycles. The highest BCUT2D eigenvalue weighted by atomic mass is 35.5. The second-order valence-electron chi connectivity index (χ2n) is 7.67. The van der Waals surface area contributed by atoms with E-state index in [2.05, 4.69) is 43.4 Å². The lowest BCUT2D eigenvalue weighted by Crippen LogP contribution is -2.38. The zero-order chi connectivity index (χ0) is 22.5. The van der Waals surface area contributed by atoms with Crippen LogP contribution < -0.4 is 21.3 Å². The van der Waals surface area contributed by atoms with Gasteiger partial charge in [0.2, 0.25) is 5.95 Å². The van der Waals surface area contributed by atoms with Gasteiger partial charge in [-0.15, -0.1) is 0 Å². The number of carbonyl (C=O) groups is 1. The van der Waals surface area contributed by atoms with E-state index in [1.807, 2.05) is 37.3 Å². The number of ether oxygens (including phenoxy) is 1. The Labute approximate surface area is 191 Å². The van der Waals surface area contributed by atoms with E-state index in [0.717, 1.165) is 41.0 Å². The summed E-state index contributed by atoms with van der Waals surface area (Å²) in [5, 5.41) is 12.7. The number of hydrogen-bond acceptors (Lipinski definition) is 6. The van der Waals surface area contributed by atoms with Crippen molar-refractivity contribution >= 4 is 46.5 Å². The van der Waals surface area contributed by atoms with E-state index in [-0.39, 0.29) is 12.1 Å². The number of nitrogens with zero attached hydrogens (tertiary/aromatic N) is 2. The number of nitrogens with one attached hydrogen (secondary N) is 4. The number of rotatable bonds is 4. The van der Waals surface area contributed by atoms with Crippen LogP contribution >= 0.6 is 11.6 Å². The Morgan fingerprint density at radius 3 is 2.88 bits per heavy atom. The van der Waals surface area contributed by atoms with Gasteiger partial charge in [0.1, 0.15) is 5.02 Å². The molecule has 4 N–H and O–H groups in total. The van der Waals surface area contributed by atoms with Gasteiger partial charge in [0.05, 0.1) is 18.8 Å². The number of amides is 2. The lowest BCUT2D eigenvalue weighted by molar-refractivity contribution is 0.173. The van der Waals surface area contributed by atoms with E-state index in [4.69, 9.17) is 16.3 Å². The number of carbonyl (C=O) groups excluding carboxylic acids is 1. The van der Waals surface area contributed by atoms with Crippen molar-refractivity contribution in [3.63, 3.8) is 0 Å². The maximum absolute atomic E-state index is 12.5. The average molecular weight is 453 g/mol. The van der Waals surface area contributed by atoms with Crippen molar-refractivity contribution in [2.75, 3.05) is 29.7 Å². The number of benzene rings is 2. The molecule has 9 heteroatoms. The molecule has 0 spiro atoms. The molecule has 0 fully saturated rings. The van der Waals surface area contributed by atoms with Crippen LogP contribution in [-0.4, -0.2) is 35.8 Å². The van der Waals surface area contributed by atoms with Crippen LogP contribution in [0.3, 0.4) is 0 Å². The second-order valence-corrected chi connectivity index (χ2v) is 8.07. The average Bonchev–Trinajstić information content (AvgIpc) is 2.76. The topological polar surface area (TPSA) is 100 Å². The predicted molar refractivity (Wildman–Crippen MR) is 127 cm³/mol. The summed E-state index contributed by atoms with van der Waals surface area (Å²) in [5.74, 6) is 0.950. The summed E-state index contributed by atoms with van der Waals surface area (Å²) in [4.78, 5) is 21.2. The summed E-state index contributed by atoms with van der Waals surface area (Å²) in [6.45, 7) is 2.33. The van der Waals surface area contributed by atoms with Crippen LogP contribution in [0.15, 0.2) is 48.7 Å². The van der Waals surface area contributed by atoms with E-state index in [0.29, 0.717) is 23.4 Å². The van der Waals surface area contributed by atoms with Gasteiger partial charge in [-0.2, -0.15) is 4.98 Å². The minimum absolute atomic E-state index is 0.102. The van der Waals surface area contributed by atoms with Crippen LogP contribution in [0.1, 0.15) is 18.1 Å². The summed E-state index contributed by atoms with van der Waals surface area (Å²) in [5.41, 5.74) is 4.61. The third-order valence-corrected chi connectivity index (χ3v) is 5.30. The Kier molecular flexibility index (Phi) is 6.72. The molecular weight excluding hydrogens is 428 g/mol. The zero-order valence-electron chi connectivity index (χ0n) is 17.9. The third kappa shape index (κ3) is 5.46. The molecule has 2 amide bonds. The van der Waals surface area contributed by atoms with Gasteiger partial charge < -0.3 is 26.0 Å². The number of anilines is 5. The van der Waals surface area contributed by atoms with Gasteiger partial charge in [0.15, 0.2) is 5.82 Å². The first-order valence-corrected chi connectivity index (χ1v) is 10.7. The van der Waals surface area contributed by atoms with Gasteiger partial charge in [-0.25, -0.2) is 9.78 Å². The summed E-state index contributed by atoms with van der Waals surface area (Å²) in [7, 11) is 1.61. The van der Waals surface area contributed by atoms with Crippen molar-refractivity contribution < 1.29 is 9.53 Å². The highest BCUT2D eigenvalue weighted by Gasteiger charge is 2.13. The minimum atomic E-state index is -0.274. The molecule has 6 bridgehead atoms. The molecule has 1 unspecified atom stereocenters. The number of hydrogen-bond donors (Lipinski definition) is 4. The standard InChI is InChI=1S/C23H25ClN6O2/c1-14(13-32-2)26-23(31)29-20-9-8-18-11-16(20)7-6-15-4-3-5-17(10-15)28-22-25-12-19(24)21(27-18)30-22/h3-5,8-12,14H,6-7,13H2,1-2H3,(H2,26,29,31)(H2,25,27,28,30). The van der Waals surface area contributed by atoms with E-state index in [9.17, 15) is 4.79 Å². The van der Waals surface area contributed by atoms with E-state index in [1.165, 1.54) is 0 Å². The van der Waals surface area contributed by atoms with Crippen molar-refractivity contribution in [1.29, 1.82) is 0 Å². The monoisotopic (exact) mass is 452 g/mol. The lowest BCUT2D eigenvalue weighted by Gasteiger charge is -2.17. The maximum Gasteiger partial charge on any atom is 0.319 e. The Morgan fingerprint density at radius 2 is 2.03 bits per heavy atom. The molecule has 2 aromatic carbocycles. The highest BCUT2D eigenvalue weighted by molar-refractivity contribution is 6.32. The Bertz CT molecular complexity index is 1120. The number of aromatic nitrogens is 2. The van der Waals surface area contributed by atoms with Crippen LogP contribution in [0.2, 0.25) is 5.02 Å². The van der Waals surface area contributed by atoms with Gasteiger partial charge in [-0.05, 0) is 61.2 Å². The number of fused-ring (bicyclic) bond motifs is 6. The van der Waals surface area contributed by atoms with Crippen molar-refractivity contribution in [2.45, 2.75) is 25.8 Å². The normalized spacial score (nSPS) is 13.3. The molecule has 8 nitrogen and oxygen atoms in total. The lowest BCUT2D eigenvalue weighted by atomic mass is 10.0. The fraction of sp³-hybridized carbons (Fsp3) is 0.261. The van der Waals surface area contributed by atoms with Crippen LogP contribution in [0, 0.1) is 0 Å². The van der Waals surface area contributed by atoms with Crippen LogP contribution in [0.25, 0.3) is 0 Å². The fourth-order valence-electron chi connectivity index (χ4n) is 3.54. The molecule has 166 valence electrons. The molecular formula is C23H25ClN6O2. The maximum atomic E-state index is 12.5. The summed E-state index contributed by atoms with van der Waals surface area (Å²) in [6, 6.07) is 13.5. The van der Waals surface area contributed by atoms with Crippen molar-refractivity contribution in [1.82, 2.24) is 15.3 Å². The van der Waals surface area contributed by atoms with E-state index >= 15 is 0 Å². The molecule has 1 aliphatic heterocycles. The summed E-state index contributed by atoms with van der Waals surface area (Å²) >= 11 is 6.32. The van der Waals surface area contributed by atoms with Crippen molar-refractivity contribution in [3.05, 3.63) is 64.8 Å². The van der Waals surface area contributed by atoms with Gasteiger partial charge in [0.25, 0.3) is 0 Å². The van der Waals surface area contributed by atoms with Crippen molar-refractivity contribution in [3.8, 4) is 0 Å². The fourth-order valence-corrected chi connectivity index (χ4v) is 3.68. The first-order valence-electron chi connectivity index (χ1n) is 10.3. The molecule has 0 aliphatic carbocycles. The van der Waals surface area contributed by atoms with Crippen LogP contribution in [-0.2, 0) is 17.6 Å². The number of halogens is 1. The zero-order valence-corrected chi connectivity index (χ0v) is 18.7. The van der Waals surface area contributed by atoms with Crippen LogP contribution in [0.4, 0.5) is 33.6 Å². The van der Waals surface area contributed by atoms with Gasteiger partial charge in [-0.1, -0.05) is 23.7 Å². The van der Waals surface area contributed by atoms with Gasteiger partial charge in [0, 0.05) is 24.2 Å². The van der Waals surface area contributed by atoms with Crippen LogP contribution in [0.5, 0.6) is 0 Å². The Hall–Kier alpha value is -3.36. The smallest absolute Gasteiger partial charge is 0.319 e. The highest BCUT2D eigenvalue weighted by Crippen LogP contribution is 2.29. The molecule has 32 heavy (non-hydrogen) atoms. The Balaban J connectivity index is 1.66. The number of aryl methyl sites for hydroxylation is 2. The molecule has 3 aromatic rings. The molecule has 1 aromatic heterocycles. The Morgan fingerprint density at radius 1 is 1.19 bits per heavy atom. The molecule has 1 aliphatic rings. The molecule has 2 heterocycles. The minimum Gasteiger partial charge on any atom is -0.383 e. The SMILES string of the molecule is COCC(C)NC(=O)Nc1ccc2cc1CCc1cccc(c1)Nc1ncc(Cl)c(n1)N2. The first kappa shape index (κ1) is 21.9. The molecule has 0 radical (unpaired) electrons. The van der Waals surface area contributed by atoms with Crippen molar-refractivity contribution in [2.24, 2.45) is 0 Å². The number of urea groups is 1. The quantitative estimate of drug-likeness (QED) is 0.450. The third-order valence-electron chi connectivity index (χ3n) is 5.02. The van der Waals surface area contributed by atoms with E-state index in [1.54, 1.807) is 13.3 Å². The van der Waals surface area contributed by atoms with Gasteiger partial charge in [-0.3, -0.25) is 0 Å². The van der Waals surface area contributed by atoms with E-state index < -0.39 is 0 Å². The molecule has 0 saturated heterocycles. The molecule has 4 rings (SSSR count). The summed E-state index contributed by atoms with van der Waals surface area (Å²) in [6.07, 6.45) is 3.10.